The molecule has 1 heterocycles. The second kappa shape index (κ2) is 4.36. The Kier molecular flexibility index (Phi) is 3.05. The number of rotatable bonds is 2. The molecular formula is C15H19NO. The highest BCUT2D eigenvalue weighted by atomic mass is 16.2. The standard InChI is InChI=1S/C15H19NO/c1-5-13-8-14(17)16(9-13)15-11(3)6-10(2)7-12(15)4/h5-7,13H,1,8-9H2,2-4H3. The predicted molar refractivity (Wildman–Crippen MR) is 71.3 cm³/mol. The summed E-state index contributed by atoms with van der Waals surface area (Å²) in [5.74, 6) is 0.507. The molecule has 1 aliphatic heterocycles. The molecule has 0 aliphatic carbocycles. The van der Waals surface area contributed by atoms with Gasteiger partial charge in [0.05, 0.1) is 0 Å². The van der Waals surface area contributed by atoms with Crippen molar-refractivity contribution in [2.24, 2.45) is 5.92 Å². The fraction of sp³-hybridized carbons (Fsp3) is 0.400. The van der Waals surface area contributed by atoms with Crippen LogP contribution in [0.2, 0.25) is 0 Å². The summed E-state index contributed by atoms with van der Waals surface area (Å²) in [5.41, 5.74) is 4.70. The molecule has 1 fully saturated rings. The lowest BCUT2D eigenvalue weighted by molar-refractivity contribution is -0.117. The Labute approximate surface area is 103 Å². The second-order valence-corrected chi connectivity index (χ2v) is 4.95. The van der Waals surface area contributed by atoms with Gasteiger partial charge in [0.15, 0.2) is 0 Å². The van der Waals surface area contributed by atoms with Crippen LogP contribution in [0, 0.1) is 26.7 Å². The van der Waals surface area contributed by atoms with E-state index >= 15 is 0 Å². The summed E-state index contributed by atoms with van der Waals surface area (Å²) in [7, 11) is 0. The number of amides is 1. The lowest BCUT2D eigenvalue weighted by Crippen LogP contribution is -2.26. The molecular weight excluding hydrogens is 210 g/mol. The lowest BCUT2D eigenvalue weighted by atomic mass is 10.0. The van der Waals surface area contributed by atoms with E-state index in [-0.39, 0.29) is 5.91 Å². The van der Waals surface area contributed by atoms with Crippen molar-refractivity contribution in [3.05, 3.63) is 41.5 Å². The number of carbonyl (C=O) groups excluding carboxylic acids is 1. The number of aryl methyl sites for hydroxylation is 3. The van der Waals surface area contributed by atoms with Gasteiger partial charge in [-0.05, 0) is 31.9 Å². The zero-order chi connectivity index (χ0) is 12.6. The van der Waals surface area contributed by atoms with E-state index < -0.39 is 0 Å². The normalized spacial score (nSPS) is 19.8. The predicted octanol–water partition coefficient (Wildman–Crippen LogP) is 3.15. The van der Waals surface area contributed by atoms with E-state index in [2.05, 4.69) is 39.5 Å². The first-order chi connectivity index (χ1) is 8.02. The number of hydrogen-bond acceptors (Lipinski definition) is 1. The molecule has 2 nitrogen and oxygen atoms in total. The Balaban J connectivity index is 2.41. The van der Waals surface area contributed by atoms with Gasteiger partial charge in [0.1, 0.15) is 0 Å². The Hall–Kier alpha value is -1.57. The third-order valence-corrected chi connectivity index (χ3v) is 3.39. The van der Waals surface area contributed by atoms with Gasteiger partial charge in [-0.2, -0.15) is 0 Å². The van der Waals surface area contributed by atoms with Crippen LogP contribution in [0.5, 0.6) is 0 Å². The van der Waals surface area contributed by atoms with Gasteiger partial charge in [0.25, 0.3) is 0 Å². The number of anilines is 1. The van der Waals surface area contributed by atoms with Gasteiger partial charge >= 0.3 is 0 Å². The molecule has 90 valence electrons. The van der Waals surface area contributed by atoms with E-state index in [9.17, 15) is 4.79 Å². The van der Waals surface area contributed by atoms with Gasteiger partial charge in [0, 0.05) is 24.6 Å². The molecule has 1 saturated heterocycles. The van der Waals surface area contributed by atoms with Crippen LogP contribution in [0.4, 0.5) is 5.69 Å². The third-order valence-electron chi connectivity index (χ3n) is 3.39. The fourth-order valence-corrected chi connectivity index (χ4v) is 2.71. The first-order valence-electron chi connectivity index (χ1n) is 6.03. The quantitative estimate of drug-likeness (QED) is 0.713. The zero-order valence-corrected chi connectivity index (χ0v) is 10.8. The first-order valence-corrected chi connectivity index (χ1v) is 6.03. The third kappa shape index (κ3) is 2.12. The molecule has 1 atom stereocenters. The fourth-order valence-electron chi connectivity index (χ4n) is 2.71. The Morgan fingerprint density at radius 2 is 1.88 bits per heavy atom. The highest BCUT2D eigenvalue weighted by molar-refractivity contribution is 5.97. The van der Waals surface area contributed by atoms with Crippen molar-refractivity contribution in [3.63, 3.8) is 0 Å². The maximum Gasteiger partial charge on any atom is 0.227 e. The molecule has 1 unspecified atom stereocenters. The van der Waals surface area contributed by atoms with Gasteiger partial charge < -0.3 is 4.90 Å². The SMILES string of the molecule is C=CC1CC(=O)N(c2c(C)cc(C)cc2C)C1. The number of nitrogens with zero attached hydrogens (tertiary/aromatic N) is 1. The molecule has 17 heavy (non-hydrogen) atoms. The van der Waals surface area contributed by atoms with Gasteiger partial charge in [-0.15, -0.1) is 6.58 Å². The summed E-state index contributed by atoms with van der Waals surface area (Å²) in [6.07, 6.45) is 2.48. The summed E-state index contributed by atoms with van der Waals surface area (Å²) in [6, 6.07) is 4.27. The molecule has 1 aromatic carbocycles. The molecule has 1 aliphatic rings. The Bertz CT molecular complexity index is 453. The molecule has 0 radical (unpaired) electrons. The maximum atomic E-state index is 12.0. The van der Waals surface area contributed by atoms with E-state index in [1.54, 1.807) is 0 Å². The van der Waals surface area contributed by atoms with Crippen molar-refractivity contribution >= 4 is 11.6 Å². The van der Waals surface area contributed by atoms with Crippen LogP contribution >= 0.6 is 0 Å². The van der Waals surface area contributed by atoms with Crippen molar-refractivity contribution in [1.82, 2.24) is 0 Å². The number of benzene rings is 1. The van der Waals surface area contributed by atoms with Crippen molar-refractivity contribution in [1.29, 1.82) is 0 Å². The lowest BCUT2D eigenvalue weighted by Gasteiger charge is -2.22. The van der Waals surface area contributed by atoms with Crippen LogP contribution in [0.3, 0.4) is 0 Å². The molecule has 2 rings (SSSR count). The summed E-state index contributed by atoms with van der Waals surface area (Å²) >= 11 is 0. The van der Waals surface area contributed by atoms with Crippen molar-refractivity contribution in [3.8, 4) is 0 Å². The molecule has 0 saturated carbocycles. The van der Waals surface area contributed by atoms with Crippen LogP contribution in [-0.4, -0.2) is 12.5 Å². The molecule has 0 spiro atoms. The van der Waals surface area contributed by atoms with Crippen molar-refractivity contribution < 1.29 is 4.79 Å². The summed E-state index contributed by atoms with van der Waals surface area (Å²) in [6.45, 7) is 10.8. The highest BCUT2D eigenvalue weighted by Gasteiger charge is 2.30. The monoisotopic (exact) mass is 229 g/mol. The Morgan fingerprint density at radius 1 is 1.29 bits per heavy atom. The topological polar surface area (TPSA) is 20.3 Å². The van der Waals surface area contributed by atoms with Crippen LogP contribution in [0.25, 0.3) is 0 Å². The number of carbonyl (C=O) groups is 1. The van der Waals surface area contributed by atoms with E-state index in [0.29, 0.717) is 12.3 Å². The molecule has 0 aromatic heterocycles. The second-order valence-electron chi connectivity index (χ2n) is 4.95. The average molecular weight is 229 g/mol. The van der Waals surface area contributed by atoms with E-state index in [4.69, 9.17) is 0 Å². The minimum Gasteiger partial charge on any atom is -0.311 e. The average Bonchev–Trinajstić information content (AvgIpc) is 2.59. The minimum absolute atomic E-state index is 0.213. The Morgan fingerprint density at radius 3 is 2.35 bits per heavy atom. The molecule has 1 amide bonds. The summed E-state index contributed by atoms with van der Waals surface area (Å²) < 4.78 is 0. The number of hydrogen-bond donors (Lipinski definition) is 0. The van der Waals surface area contributed by atoms with Crippen molar-refractivity contribution in [2.45, 2.75) is 27.2 Å². The highest BCUT2D eigenvalue weighted by Crippen LogP contribution is 2.31. The van der Waals surface area contributed by atoms with Gasteiger partial charge in [-0.3, -0.25) is 4.79 Å². The van der Waals surface area contributed by atoms with E-state index in [1.807, 2.05) is 11.0 Å². The van der Waals surface area contributed by atoms with E-state index in [0.717, 1.165) is 12.2 Å². The van der Waals surface area contributed by atoms with Gasteiger partial charge in [0.2, 0.25) is 5.91 Å². The molecule has 0 bridgehead atoms. The van der Waals surface area contributed by atoms with Crippen molar-refractivity contribution in [2.75, 3.05) is 11.4 Å². The van der Waals surface area contributed by atoms with Crippen LogP contribution in [0.15, 0.2) is 24.8 Å². The van der Waals surface area contributed by atoms with Gasteiger partial charge in [-0.1, -0.05) is 23.8 Å². The van der Waals surface area contributed by atoms with Crippen LogP contribution in [0.1, 0.15) is 23.1 Å². The molecule has 0 N–H and O–H groups in total. The van der Waals surface area contributed by atoms with Crippen LogP contribution < -0.4 is 4.90 Å². The minimum atomic E-state index is 0.213. The first kappa shape index (κ1) is 11.9. The smallest absolute Gasteiger partial charge is 0.227 e. The summed E-state index contributed by atoms with van der Waals surface area (Å²) in [5, 5.41) is 0. The largest absolute Gasteiger partial charge is 0.311 e. The summed E-state index contributed by atoms with van der Waals surface area (Å²) in [4.78, 5) is 13.9. The zero-order valence-electron chi connectivity index (χ0n) is 10.8. The molecule has 2 heteroatoms. The molecule has 1 aromatic rings. The van der Waals surface area contributed by atoms with E-state index in [1.165, 1.54) is 16.7 Å². The van der Waals surface area contributed by atoms with Gasteiger partial charge in [-0.25, -0.2) is 0 Å². The van der Waals surface area contributed by atoms with Crippen LogP contribution in [-0.2, 0) is 4.79 Å². The maximum absolute atomic E-state index is 12.0.